The van der Waals surface area contributed by atoms with Crippen LogP contribution in [0.3, 0.4) is 0 Å². The number of fused-ring (bicyclic) bond motifs is 2. The molecule has 1 aliphatic carbocycles. The molecule has 0 spiro atoms. The van der Waals surface area contributed by atoms with Gasteiger partial charge < -0.3 is 10.2 Å². The molecule has 4 rings (SSSR count). The van der Waals surface area contributed by atoms with Gasteiger partial charge in [-0.1, -0.05) is 41.9 Å². The molecule has 0 saturated heterocycles. The molecule has 0 aromatic heterocycles. The van der Waals surface area contributed by atoms with Crippen molar-refractivity contribution in [3.63, 3.8) is 0 Å². The monoisotopic (exact) mass is 354 g/mol. The van der Waals surface area contributed by atoms with Crippen molar-refractivity contribution in [2.45, 2.75) is 19.4 Å². The van der Waals surface area contributed by atoms with Gasteiger partial charge in [0.25, 0.3) is 0 Å². The molecule has 0 radical (unpaired) electrons. The summed E-state index contributed by atoms with van der Waals surface area (Å²) in [4.78, 5) is 13.6. The number of likely N-dealkylation sites (N-methyl/N-ethyl adjacent to an activating group) is 2. The number of nitrogens with one attached hydrogen (secondary N) is 1. The third kappa shape index (κ3) is 4.30. The Bertz CT molecular complexity index is 813. The molecule has 0 bridgehead atoms. The topological polar surface area (TPSA) is 32.3 Å². The SMILES string of the molecule is CN1CCc2cc(Cl)ccc2C1.CNC(=O)C1=Cc2ccccc2C1. The van der Waals surface area contributed by atoms with E-state index in [4.69, 9.17) is 11.6 Å². The first-order valence-electron chi connectivity index (χ1n) is 8.53. The molecule has 0 fully saturated rings. The lowest BCUT2D eigenvalue weighted by atomic mass is 10.0. The van der Waals surface area contributed by atoms with Gasteiger partial charge in [-0.05, 0) is 53.9 Å². The lowest BCUT2D eigenvalue weighted by Gasteiger charge is -2.24. The normalized spacial score (nSPS) is 15.4. The summed E-state index contributed by atoms with van der Waals surface area (Å²) < 4.78 is 0. The van der Waals surface area contributed by atoms with E-state index in [2.05, 4.69) is 35.5 Å². The molecule has 2 aromatic rings. The second-order valence-electron chi connectivity index (χ2n) is 6.53. The van der Waals surface area contributed by atoms with Gasteiger partial charge in [0, 0.05) is 37.2 Å². The summed E-state index contributed by atoms with van der Waals surface area (Å²) in [6, 6.07) is 14.3. The molecule has 1 amide bonds. The van der Waals surface area contributed by atoms with Crippen LogP contribution in [0.1, 0.15) is 22.3 Å². The molecule has 4 heteroatoms. The Morgan fingerprint density at radius 3 is 2.68 bits per heavy atom. The van der Waals surface area contributed by atoms with E-state index < -0.39 is 0 Å². The van der Waals surface area contributed by atoms with Crippen LogP contribution in [0, 0.1) is 0 Å². The summed E-state index contributed by atoms with van der Waals surface area (Å²) >= 11 is 5.90. The van der Waals surface area contributed by atoms with E-state index in [1.165, 1.54) is 22.3 Å². The highest BCUT2D eigenvalue weighted by Gasteiger charge is 2.16. The fraction of sp³-hybridized carbons (Fsp3) is 0.286. The Balaban J connectivity index is 0.000000146. The van der Waals surface area contributed by atoms with Crippen LogP contribution in [0.25, 0.3) is 6.08 Å². The van der Waals surface area contributed by atoms with Gasteiger partial charge in [-0.2, -0.15) is 0 Å². The summed E-state index contributed by atoms with van der Waals surface area (Å²) in [6.45, 7) is 2.21. The van der Waals surface area contributed by atoms with Crippen molar-refractivity contribution >= 4 is 23.6 Å². The van der Waals surface area contributed by atoms with Gasteiger partial charge in [-0.3, -0.25) is 4.79 Å². The third-order valence-electron chi connectivity index (χ3n) is 4.66. The van der Waals surface area contributed by atoms with E-state index in [-0.39, 0.29) is 5.91 Å². The van der Waals surface area contributed by atoms with Crippen LogP contribution in [-0.2, 0) is 24.2 Å². The summed E-state index contributed by atoms with van der Waals surface area (Å²) in [7, 11) is 3.81. The summed E-state index contributed by atoms with van der Waals surface area (Å²) in [6.07, 6.45) is 3.84. The van der Waals surface area contributed by atoms with Crippen molar-refractivity contribution < 1.29 is 4.79 Å². The minimum Gasteiger partial charge on any atom is -0.355 e. The van der Waals surface area contributed by atoms with Crippen molar-refractivity contribution in [1.82, 2.24) is 10.2 Å². The minimum atomic E-state index is 0.0243. The molecule has 2 aliphatic rings. The fourth-order valence-electron chi connectivity index (χ4n) is 3.25. The first kappa shape index (κ1) is 17.7. The molecular weight excluding hydrogens is 332 g/mol. The number of halogens is 1. The maximum absolute atomic E-state index is 11.3. The van der Waals surface area contributed by atoms with Gasteiger partial charge in [0.15, 0.2) is 0 Å². The molecule has 130 valence electrons. The van der Waals surface area contributed by atoms with Crippen LogP contribution in [0.4, 0.5) is 0 Å². The number of nitrogens with zero attached hydrogens (tertiary/aromatic N) is 1. The molecule has 0 saturated carbocycles. The molecule has 0 atom stereocenters. The number of benzene rings is 2. The summed E-state index contributed by atoms with van der Waals surface area (Å²) in [5, 5.41) is 3.49. The van der Waals surface area contributed by atoms with Crippen LogP contribution >= 0.6 is 11.6 Å². The number of carbonyl (C=O) groups is 1. The maximum atomic E-state index is 11.3. The number of carbonyl (C=O) groups excluding carboxylic acids is 1. The first-order chi connectivity index (χ1) is 12.1. The molecule has 2 aromatic carbocycles. The molecule has 1 N–H and O–H groups in total. The summed E-state index contributed by atoms with van der Waals surface area (Å²) in [5.41, 5.74) is 6.10. The van der Waals surface area contributed by atoms with Gasteiger partial charge in [0.05, 0.1) is 0 Å². The molecule has 1 aliphatic heterocycles. The number of hydrogen-bond donors (Lipinski definition) is 1. The van der Waals surface area contributed by atoms with E-state index in [0.717, 1.165) is 36.5 Å². The smallest absolute Gasteiger partial charge is 0.247 e. The average molecular weight is 355 g/mol. The van der Waals surface area contributed by atoms with Gasteiger partial charge in [0.2, 0.25) is 5.91 Å². The molecule has 1 heterocycles. The number of rotatable bonds is 1. The summed E-state index contributed by atoms with van der Waals surface area (Å²) in [5.74, 6) is 0.0243. The van der Waals surface area contributed by atoms with E-state index in [0.29, 0.717) is 0 Å². The second kappa shape index (κ2) is 7.85. The second-order valence-corrected chi connectivity index (χ2v) is 6.96. The predicted octanol–water partition coefficient (Wildman–Crippen LogP) is 3.70. The van der Waals surface area contributed by atoms with Crippen molar-refractivity contribution in [2.24, 2.45) is 0 Å². The van der Waals surface area contributed by atoms with Crippen molar-refractivity contribution in [2.75, 3.05) is 20.6 Å². The Morgan fingerprint density at radius 1 is 1.12 bits per heavy atom. The first-order valence-corrected chi connectivity index (χ1v) is 8.91. The molecule has 25 heavy (non-hydrogen) atoms. The highest BCUT2D eigenvalue weighted by atomic mass is 35.5. The molecule has 3 nitrogen and oxygen atoms in total. The quantitative estimate of drug-likeness (QED) is 0.846. The van der Waals surface area contributed by atoms with Gasteiger partial charge in [-0.15, -0.1) is 0 Å². The van der Waals surface area contributed by atoms with Crippen LogP contribution in [0.15, 0.2) is 48.0 Å². The van der Waals surface area contributed by atoms with Gasteiger partial charge >= 0.3 is 0 Å². The fourth-order valence-corrected chi connectivity index (χ4v) is 3.44. The van der Waals surface area contributed by atoms with Crippen LogP contribution in [-0.4, -0.2) is 31.4 Å². The number of hydrogen-bond acceptors (Lipinski definition) is 2. The Labute approximate surface area is 154 Å². The Hall–Kier alpha value is -2.10. The lowest BCUT2D eigenvalue weighted by molar-refractivity contribution is -0.117. The van der Waals surface area contributed by atoms with Crippen LogP contribution in [0.5, 0.6) is 0 Å². The van der Waals surface area contributed by atoms with Crippen molar-refractivity contribution in [1.29, 1.82) is 0 Å². The molecule has 0 unspecified atom stereocenters. The van der Waals surface area contributed by atoms with E-state index in [1.807, 2.05) is 30.3 Å². The minimum absolute atomic E-state index is 0.0243. The van der Waals surface area contributed by atoms with E-state index >= 15 is 0 Å². The highest BCUT2D eigenvalue weighted by molar-refractivity contribution is 6.30. The lowest BCUT2D eigenvalue weighted by Crippen LogP contribution is -2.26. The predicted molar refractivity (Wildman–Crippen MR) is 104 cm³/mol. The maximum Gasteiger partial charge on any atom is 0.247 e. The largest absolute Gasteiger partial charge is 0.355 e. The molecular formula is C21H23ClN2O. The number of amides is 1. The van der Waals surface area contributed by atoms with Gasteiger partial charge in [0.1, 0.15) is 0 Å². The standard InChI is InChI=1S/C11H11NO.C10H12ClN/c1-12-11(13)10-6-8-4-2-3-5-9(8)7-10;1-12-5-4-8-6-10(11)3-2-9(8)7-12/h2-6H,7H2,1H3,(H,12,13);2-3,6H,4-5,7H2,1H3. The van der Waals surface area contributed by atoms with E-state index in [9.17, 15) is 4.79 Å². The Kier molecular flexibility index (Phi) is 5.57. The van der Waals surface area contributed by atoms with E-state index in [1.54, 1.807) is 7.05 Å². The van der Waals surface area contributed by atoms with Gasteiger partial charge in [-0.25, -0.2) is 0 Å². The zero-order chi connectivity index (χ0) is 17.8. The highest BCUT2D eigenvalue weighted by Crippen LogP contribution is 2.24. The third-order valence-corrected chi connectivity index (χ3v) is 4.89. The average Bonchev–Trinajstić information content (AvgIpc) is 3.06. The van der Waals surface area contributed by atoms with Crippen molar-refractivity contribution in [3.05, 3.63) is 75.3 Å². The zero-order valence-electron chi connectivity index (χ0n) is 14.7. The van der Waals surface area contributed by atoms with Crippen LogP contribution in [0.2, 0.25) is 5.02 Å². The van der Waals surface area contributed by atoms with Crippen LogP contribution < -0.4 is 5.32 Å². The zero-order valence-corrected chi connectivity index (χ0v) is 15.4. The van der Waals surface area contributed by atoms with Crippen molar-refractivity contribution in [3.8, 4) is 0 Å². The Morgan fingerprint density at radius 2 is 1.92 bits per heavy atom.